The summed E-state index contributed by atoms with van der Waals surface area (Å²) < 4.78 is 34.7. The molecule has 0 bridgehead atoms. The number of thiophene rings is 1. The van der Waals surface area contributed by atoms with E-state index >= 15 is 0 Å². The molecule has 144 valence electrons. The van der Waals surface area contributed by atoms with E-state index in [1.54, 1.807) is 32.2 Å². The Hall–Kier alpha value is -2.16. The number of esters is 1. The number of ether oxygens (including phenoxy) is 1. The van der Waals surface area contributed by atoms with Gasteiger partial charge in [-0.25, -0.2) is 13.2 Å². The number of aryl methyl sites for hydroxylation is 1. The van der Waals surface area contributed by atoms with Crippen LogP contribution >= 0.6 is 11.3 Å². The molecule has 2 heterocycles. The van der Waals surface area contributed by atoms with Gasteiger partial charge in [-0.3, -0.25) is 0 Å². The Morgan fingerprint density at radius 2 is 1.93 bits per heavy atom. The van der Waals surface area contributed by atoms with E-state index < -0.39 is 16.0 Å². The first-order valence-corrected chi connectivity index (χ1v) is 11.0. The molecule has 0 aliphatic carbocycles. The molecule has 6 nitrogen and oxygen atoms in total. The highest BCUT2D eigenvalue weighted by Gasteiger charge is 2.26. The van der Waals surface area contributed by atoms with Crippen molar-refractivity contribution in [3.63, 3.8) is 0 Å². The third kappa shape index (κ3) is 3.78. The normalized spacial score (nSPS) is 12.0. The van der Waals surface area contributed by atoms with Crippen LogP contribution in [0.3, 0.4) is 0 Å². The summed E-state index contributed by atoms with van der Waals surface area (Å²) >= 11 is 1.60. The van der Waals surface area contributed by atoms with Gasteiger partial charge in [-0.2, -0.15) is 4.31 Å². The van der Waals surface area contributed by atoms with E-state index in [1.165, 1.54) is 21.1 Å². The molecule has 0 amide bonds. The van der Waals surface area contributed by atoms with Crippen LogP contribution in [0.25, 0.3) is 10.1 Å². The second kappa shape index (κ2) is 7.84. The minimum Gasteiger partial charge on any atom is -0.456 e. The Bertz CT molecular complexity index is 1060. The fourth-order valence-electron chi connectivity index (χ4n) is 2.95. The fourth-order valence-corrected chi connectivity index (χ4v) is 5.43. The molecule has 2 aromatic heterocycles. The van der Waals surface area contributed by atoms with Gasteiger partial charge in [0.15, 0.2) is 0 Å². The number of carbonyl (C=O) groups excluding carboxylic acids is 1. The minimum absolute atomic E-state index is 0.0987. The quantitative estimate of drug-likeness (QED) is 0.562. The van der Waals surface area contributed by atoms with Crippen LogP contribution in [-0.2, 0) is 28.4 Å². The van der Waals surface area contributed by atoms with E-state index in [2.05, 4.69) is 0 Å². The van der Waals surface area contributed by atoms with Crippen molar-refractivity contribution in [3.8, 4) is 0 Å². The molecule has 0 unspecified atom stereocenters. The average Bonchev–Trinajstić information content (AvgIpc) is 3.24. The van der Waals surface area contributed by atoms with Crippen LogP contribution in [-0.4, -0.2) is 36.3 Å². The van der Waals surface area contributed by atoms with Crippen molar-refractivity contribution >= 4 is 37.4 Å². The van der Waals surface area contributed by atoms with Crippen molar-refractivity contribution < 1.29 is 17.9 Å². The van der Waals surface area contributed by atoms with E-state index in [1.807, 2.05) is 29.6 Å². The highest BCUT2D eigenvalue weighted by molar-refractivity contribution is 7.89. The molecular formula is C19H22N2O4S2. The number of fused-ring (bicyclic) bond motifs is 1. The molecule has 0 saturated heterocycles. The second-order valence-corrected chi connectivity index (χ2v) is 8.94. The summed E-state index contributed by atoms with van der Waals surface area (Å²) in [4.78, 5) is 12.6. The topological polar surface area (TPSA) is 68.6 Å². The van der Waals surface area contributed by atoms with Gasteiger partial charge in [-0.1, -0.05) is 32.0 Å². The van der Waals surface area contributed by atoms with E-state index in [0.717, 1.165) is 15.6 Å². The number of benzene rings is 1. The molecule has 0 saturated carbocycles. The van der Waals surface area contributed by atoms with Gasteiger partial charge >= 0.3 is 5.97 Å². The predicted octanol–water partition coefficient (Wildman–Crippen LogP) is 3.63. The van der Waals surface area contributed by atoms with Crippen molar-refractivity contribution in [1.82, 2.24) is 8.87 Å². The molecule has 0 radical (unpaired) electrons. The standard InChI is InChI=1S/C19H22N2O4S2/c1-4-21(5-2)27(23,24)15-10-17(20(3)11-15)19(22)25-12-14-13-26-18-9-7-6-8-16(14)18/h6-11,13H,4-5,12H2,1-3H3. The van der Waals surface area contributed by atoms with Crippen molar-refractivity contribution in [2.75, 3.05) is 13.1 Å². The summed E-state index contributed by atoms with van der Waals surface area (Å²) in [7, 11) is -1.98. The lowest BCUT2D eigenvalue weighted by Crippen LogP contribution is -2.30. The zero-order valence-electron chi connectivity index (χ0n) is 15.5. The summed E-state index contributed by atoms with van der Waals surface area (Å²) in [5.41, 5.74) is 1.15. The maximum atomic E-state index is 12.6. The van der Waals surface area contributed by atoms with Gasteiger partial charge in [0.2, 0.25) is 10.0 Å². The third-order valence-corrected chi connectivity index (χ3v) is 7.48. The summed E-state index contributed by atoms with van der Waals surface area (Å²) in [6, 6.07) is 9.30. The lowest BCUT2D eigenvalue weighted by atomic mass is 10.2. The van der Waals surface area contributed by atoms with Crippen molar-refractivity contribution in [3.05, 3.63) is 53.2 Å². The number of rotatable bonds is 7. The van der Waals surface area contributed by atoms with Crippen LogP contribution in [0.2, 0.25) is 0 Å². The third-order valence-electron chi connectivity index (χ3n) is 4.45. The average molecular weight is 407 g/mol. The minimum atomic E-state index is -3.62. The SMILES string of the molecule is CCN(CC)S(=O)(=O)c1cc(C(=O)OCc2csc3ccccc23)n(C)c1. The lowest BCUT2D eigenvalue weighted by molar-refractivity contribution is 0.0463. The molecule has 0 spiro atoms. The molecule has 27 heavy (non-hydrogen) atoms. The van der Waals surface area contributed by atoms with Crippen LogP contribution in [0.5, 0.6) is 0 Å². The number of sulfonamides is 1. The highest BCUT2D eigenvalue weighted by atomic mass is 32.2. The molecule has 0 aliphatic rings. The van der Waals surface area contributed by atoms with Gasteiger partial charge in [0, 0.05) is 36.6 Å². The number of nitrogens with zero attached hydrogens (tertiary/aromatic N) is 2. The first-order chi connectivity index (χ1) is 12.9. The first-order valence-electron chi connectivity index (χ1n) is 8.67. The molecular weight excluding hydrogens is 384 g/mol. The number of hydrogen-bond acceptors (Lipinski definition) is 5. The van der Waals surface area contributed by atoms with Crippen molar-refractivity contribution in [2.24, 2.45) is 7.05 Å². The monoisotopic (exact) mass is 406 g/mol. The zero-order chi connectivity index (χ0) is 19.6. The van der Waals surface area contributed by atoms with Gasteiger partial charge < -0.3 is 9.30 Å². The molecule has 0 aliphatic heterocycles. The largest absolute Gasteiger partial charge is 0.456 e. The van der Waals surface area contributed by atoms with Crippen LogP contribution in [0.15, 0.2) is 46.8 Å². The number of aromatic nitrogens is 1. The summed E-state index contributed by atoms with van der Waals surface area (Å²) in [6.07, 6.45) is 1.45. The smallest absolute Gasteiger partial charge is 0.355 e. The number of hydrogen-bond donors (Lipinski definition) is 0. The fraction of sp³-hybridized carbons (Fsp3) is 0.316. The Labute approximate surface area is 163 Å². The van der Waals surface area contributed by atoms with E-state index in [9.17, 15) is 13.2 Å². The van der Waals surface area contributed by atoms with E-state index in [0.29, 0.717) is 13.1 Å². The number of carbonyl (C=O) groups is 1. The molecule has 0 fully saturated rings. The molecule has 8 heteroatoms. The second-order valence-electron chi connectivity index (χ2n) is 6.09. The van der Waals surface area contributed by atoms with Crippen LogP contribution in [0, 0.1) is 0 Å². The van der Waals surface area contributed by atoms with Crippen molar-refractivity contribution in [2.45, 2.75) is 25.3 Å². The van der Waals surface area contributed by atoms with Gasteiger partial charge in [-0.15, -0.1) is 11.3 Å². The molecule has 3 rings (SSSR count). The summed E-state index contributed by atoms with van der Waals surface area (Å²) in [5, 5.41) is 3.03. The lowest BCUT2D eigenvalue weighted by Gasteiger charge is -2.17. The van der Waals surface area contributed by atoms with Crippen LogP contribution in [0.1, 0.15) is 29.9 Å². The molecule has 0 atom stereocenters. The Morgan fingerprint density at radius 3 is 2.63 bits per heavy atom. The highest BCUT2D eigenvalue weighted by Crippen LogP contribution is 2.26. The summed E-state index contributed by atoms with van der Waals surface area (Å²) in [5.74, 6) is -0.547. The van der Waals surface area contributed by atoms with Crippen molar-refractivity contribution in [1.29, 1.82) is 0 Å². The molecule has 3 aromatic rings. The predicted molar refractivity (Wildman–Crippen MR) is 106 cm³/mol. The maximum Gasteiger partial charge on any atom is 0.355 e. The Balaban J connectivity index is 1.79. The van der Waals surface area contributed by atoms with Gasteiger partial charge in [0.1, 0.15) is 17.2 Å². The van der Waals surface area contributed by atoms with Gasteiger partial charge in [0.25, 0.3) is 0 Å². The van der Waals surface area contributed by atoms with Crippen LogP contribution in [0.4, 0.5) is 0 Å². The zero-order valence-corrected chi connectivity index (χ0v) is 17.1. The van der Waals surface area contributed by atoms with Gasteiger partial charge in [0.05, 0.1) is 0 Å². The first kappa shape index (κ1) is 19.6. The summed E-state index contributed by atoms with van der Waals surface area (Å²) in [6.45, 7) is 4.46. The van der Waals surface area contributed by atoms with E-state index in [-0.39, 0.29) is 17.2 Å². The Kier molecular flexibility index (Phi) is 5.69. The Morgan fingerprint density at radius 1 is 1.22 bits per heavy atom. The van der Waals surface area contributed by atoms with E-state index in [4.69, 9.17) is 4.74 Å². The molecule has 0 N–H and O–H groups in total. The van der Waals surface area contributed by atoms with Crippen LogP contribution < -0.4 is 0 Å². The molecule has 1 aromatic carbocycles. The maximum absolute atomic E-state index is 12.6. The van der Waals surface area contributed by atoms with Gasteiger partial charge in [-0.05, 0) is 22.9 Å².